The first-order chi connectivity index (χ1) is 47.8. The van der Waals surface area contributed by atoms with E-state index in [1.807, 2.05) is 50.0 Å². The first-order valence-electron chi connectivity index (χ1n) is 35.8. The van der Waals surface area contributed by atoms with Crippen molar-refractivity contribution in [2.24, 2.45) is 35.5 Å². The molecular weight excluding hydrogens is 1310 g/mol. The van der Waals surface area contributed by atoms with Crippen LogP contribution in [0.5, 0.6) is 5.75 Å². The van der Waals surface area contributed by atoms with Crippen molar-refractivity contribution in [3.63, 3.8) is 0 Å². The molecule has 23 nitrogen and oxygen atoms in total. The zero-order valence-electron chi connectivity index (χ0n) is 58.8. The molecule has 0 unspecified atom stereocenters. The molecule has 25 heteroatoms. The van der Waals surface area contributed by atoms with Crippen molar-refractivity contribution >= 4 is 81.5 Å². The highest BCUT2D eigenvalue weighted by Crippen LogP contribution is 2.46. The summed E-state index contributed by atoms with van der Waals surface area (Å²) in [7, 11) is 1.54. The van der Waals surface area contributed by atoms with Crippen LogP contribution in [-0.2, 0) is 47.8 Å². The van der Waals surface area contributed by atoms with Crippen LogP contribution in [0.2, 0.25) is 5.02 Å². The fraction of sp³-hybridized carbons (Fsp3) is 0.613. The predicted molar refractivity (Wildman–Crippen MR) is 375 cm³/mol. The molecule has 5 fully saturated rings. The Morgan fingerprint density at radius 2 is 1.57 bits per heavy atom. The van der Waals surface area contributed by atoms with E-state index >= 15 is 4.39 Å². The second-order valence-corrected chi connectivity index (χ2v) is 29.2. The molecule has 100 heavy (non-hydrogen) atoms. The number of benzene rings is 2. The minimum absolute atomic E-state index is 0.0236. The highest BCUT2D eigenvalue weighted by atomic mass is 35.5. The fourth-order valence-electron chi connectivity index (χ4n) is 16.0. The molecule has 0 spiro atoms. The van der Waals surface area contributed by atoms with Crippen LogP contribution in [0.25, 0.3) is 28.1 Å². The largest absolute Gasteiger partial charge is 0.489 e. The number of ether oxygens (including phenoxy) is 4. The molecule has 1 saturated carbocycles. The molecule has 7 aliphatic rings. The van der Waals surface area contributed by atoms with Crippen LogP contribution < -0.4 is 15.0 Å². The van der Waals surface area contributed by atoms with Gasteiger partial charge in [0.25, 0.3) is 11.7 Å². The van der Waals surface area contributed by atoms with Gasteiger partial charge in [-0.1, -0.05) is 75.7 Å². The number of piperazine rings is 2. The predicted octanol–water partition coefficient (Wildman–Crippen LogP) is 8.02. The molecule has 3 aromatic rings. The van der Waals surface area contributed by atoms with Gasteiger partial charge < -0.3 is 69.2 Å². The zero-order chi connectivity index (χ0) is 71.9. The Labute approximate surface area is 590 Å². The van der Waals surface area contributed by atoms with Crippen LogP contribution in [-0.4, -0.2) is 219 Å². The van der Waals surface area contributed by atoms with Crippen molar-refractivity contribution in [1.82, 2.24) is 29.6 Å². The van der Waals surface area contributed by atoms with E-state index in [4.69, 9.17) is 40.5 Å². The standard InChI is InChI=1S/C75H100ClFN8O15/c1-9-62(90)81-30-32-84(33-31-81)71-52-41-53(76)65-51(16-14-34-98-60-19-13-17-54(77)66(60)65)67(52)79-74(80-71)78-24-23-64(92)83-28-26-82(27-29-83)63(91)20-12-15-50-37-44(3)35-43(2)36-45(4)69-59(89)39-47(6)75(96,100-69)70(93)72(94)85-25-11-10-18-55(85)73(95)99-68(48(7)57(87)42-58(50)88)46(5)38-49-21-22-56(86)61(40-49)97-8/h9,13-14,16-17,19,37-38,41,43,45,47-50,55-57,59,61,68-69,86-87,89,96H,1,10-12,15,18,20-36,39-40,42H2,2-8H3,(H,78,79,80)/b16-14?,44-37+,46-38+/t43-,45-,47+,48+,49-,50+,55-,56+,57-,59-,61+,68+,69+,75+/m0/s1. The lowest BCUT2D eigenvalue weighted by molar-refractivity contribution is -0.292. The van der Waals surface area contributed by atoms with Gasteiger partial charge >= 0.3 is 5.97 Å². The number of halogens is 2. The maximum absolute atomic E-state index is 15.8. The Hall–Kier alpha value is -7.19. The molecule has 10 rings (SSSR count). The Balaban J connectivity index is 0.817. The van der Waals surface area contributed by atoms with Gasteiger partial charge in [0.15, 0.2) is 0 Å². The van der Waals surface area contributed by atoms with Crippen molar-refractivity contribution in [2.75, 3.05) is 89.4 Å². The number of fused-ring (bicyclic) bond motifs is 8. The highest BCUT2D eigenvalue weighted by molar-refractivity contribution is 6.39. The van der Waals surface area contributed by atoms with Crippen LogP contribution in [0.15, 0.2) is 66.3 Å². The molecule has 7 heterocycles. The number of esters is 1. The fourth-order valence-corrected chi connectivity index (χ4v) is 16.3. The van der Waals surface area contributed by atoms with Gasteiger partial charge in [-0.05, 0) is 138 Å². The molecule has 4 saturated heterocycles. The van der Waals surface area contributed by atoms with Crippen LogP contribution in [0.3, 0.4) is 0 Å². The number of methoxy groups -OCH3 is 1. The van der Waals surface area contributed by atoms with E-state index in [1.54, 1.807) is 53.7 Å². The summed E-state index contributed by atoms with van der Waals surface area (Å²) in [6, 6.07) is 5.11. The van der Waals surface area contributed by atoms with E-state index in [0.717, 1.165) is 10.5 Å². The molecule has 1 aromatic heterocycles. The smallest absolute Gasteiger partial charge is 0.329 e. The van der Waals surface area contributed by atoms with Crippen molar-refractivity contribution < 1.29 is 77.3 Å². The lowest BCUT2D eigenvalue weighted by Gasteiger charge is -2.46. The van der Waals surface area contributed by atoms with Crippen molar-refractivity contribution in [1.29, 1.82) is 0 Å². The third kappa shape index (κ3) is 17.1. The van der Waals surface area contributed by atoms with Crippen LogP contribution in [0.4, 0.5) is 16.2 Å². The number of aliphatic hydroxyl groups is 4. The Bertz CT molecular complexity index is 3630. The van der Waals surface area contributed by atoms with Gasteiger partial charge in [0, 0.05) is 126 Å². The van der Waals surface area contributed by atoms with Gasteiger partial charge in [0.2, 0.25) is 29.5 Å². The number of hydrogen-bond acceptors (Lipinski definition) is 19. The summed E-state index contributed by atoms with van der Waals surface area (Å²) in [6.45, 7) is 17.7. The van der Waals surface area contributed by atoms with Gasteiger partial charge in [0.05, 0.1) is 46.6 Å². The van der Waals surface area contributed by atoms with Crippen LogP contribution in [0, 0.1) is 41.3 Å². The number of piperidine rings is 1. The lowest BCUT2D eigenvalue weighted by atomic mass is 9.79. The second-order valence-electron chi connectivity index (χ2n) is 28.8. The van der Waals surface area contributed by atoms with E-state index in [2.05, 4.69) is 11.9 Å². The average molecular weight is 1410 g/mol. The summed E-state index contributed by atoms with van der Waals surface area (Å²) in [5.41, 5.74) is 3.13. The normalized spacial score (nSPS) is 30.7. The number of nitrogens with one attached hydrogen (secondary N) is 1. The van der Waals surface area contributed by atoms with E-state index in [0.29, 0.717) is 143 Å². The number of carbonyl (C=O) groups excluding carboxylic acids is 7. The summed E-state index contributed by atoms with van der Waals surface area (Å²) >= 11 is 7.07. The summed E-state index contributed by atoms with van der Waals surface area (Å²) < 4.78 is 39.9. The number of hydrogen-bond donors (Lipinski definition) is 5. The van der Waals surface area contributed by atoms with Crippen LogP contribution in [0.1, 0.15) is 137 Å². The number of aliphatic hydroxyl groups excluding tert-OH is 3. The van der Waals surface area contributed by atoms with Crippen molar-refractivity contribution in [3.8, 4) is 16.9 Å². The number of ketones is 2. The molecular formula is C75H100ClFN8O15. The number of carbonyl (C=O) groups is 7. The second kappa shape index (κ2) is 33.3. The number of nitrogens with zero attached hydrogens (tertiary/aromatic N) is 7. The Morgan fingerprint density at radius 1 is 0.860 bits per heavy atom. The highest BCUT2D eigenvalue weighted by Gasteiger charge is 2.56. The Morgan fingerprint density at radius 3 is 2.28 bits per heavy atom. The first kappa shape index (κ1) is 75.5. The van der Waals surface area contributed by atoms with Gasteiger partial charge in [-0.15, -0.1) is 0 Å². The molecule has 2 bridgehead atoms. The maximum atomic E-state index is 15.8. The SMILES string of the molecule is C=CC(=O)N1CCN(c2nc(NCCC(=O)N3CCN(C(=O)CCC[C@@H]4/C=C(\C)C[C@H](C)C[C@H](C)[C@H]5O[C@@](O)(C(=O)C(=O)N6CCCC[C@H]6C(=O)O[C@H](/C(C)=C/[C@@H]6CC[C@@H](O)[C@H](OC)C6)[C@H](C)[C@@H](O)CC4=O)[C@H](C)C[C@@H]5O)CC3)nc3c4c(c(Cl)cc23)-c2c(F)cccc2OCC=C4)CC1. The van der Waals surface area contributed by atoms with Gasteiger partial charge in [-0.3, -0.25) is 28.8 Å². The zero-order valence-corrected chi connectivity index (χ0v) is 59.5. The third-order valence-corrected chi connectivity index (χ3v) is 21.9. The maximum Gasteiger partial charge on any atom is 0.329 e. The van der Waals surface area contributed by atoms with E-state index in [1.165, 1.54) is 19.3 Å². The van der Waals surface area contributed by atoms with Gasteiger partial charge in [-0.25, -0.2) is 14.2 Å². The van der Waals surface area contributed by atoms with Crippen molar-refractivity contribution in [3.05, 3.63) is 82.7 Å². The number of anilines is 2. The van der Waals surface area contributed by atoms with Crippen molar-refractivity contribution in [2.45, 2.75) is 180 Å². The number of allylic oxidation sites excluding steroid dienone is 3. The quantitative estimate of drug-likeness (QED) is 0.0468. The Kier molecular flexibility index (Phi) is 25.1. The average Bonchev–Trinajstić information content (AvgIpc) is 0.748. The topological polar surface area (TPSA) is 291 Å². The molecule has 0 radical (unpaired) electrons. The monoisotopic (exact) mass is 1410 g/mol. The summed E-state index contributed by atoms with van der Waals surface area (Å²) in [6.07, 6.45) is 7.25. The molecule has 1 aliphatic carbocycles. The summed E-state index contributed by atoms with van der Waals surface area (Å²) in [5.74, 6) is -9.03. The molecule has 544 valence electrons. The van der Waals surface area contributed by atoms with Gasteiger partial charge in [-0.2, -0.15) is 4.98 Å². The number of amides is 4. The molecule has 5 N–H and O–H groups in total. The minimum atomic E-state index is -2.60. The summed E-state index contributed by atoms with van der Waals surface area (Å²) in [4.78, 5) is 117. The first-order valence-corrected chi connectivity index (χ1v) is 36.2. The lowest BCUT2D eigenvalue weighted by Crippen LogP contribution is -2.63. The van der Waals surface area contributed by atoms with E-state index in [9.17, 15) is 54.0 Å². The number of rotatable bonds is 13. The third-order valence-electron chi connectivity index (χ3n) is 21.6. The van der Waals surface area contributed by atoms with Gasteiger partial charge in [0.1, 0.15) is 41.9 Å². The van der Waals surface area contributed by atoms with E-state index < -0.39 is 95.6 Å². The number of cyclic esters (lactones) is 1. The molecule has 4 amide bonds. The minimum Gasteiger partial charge on any atom is -0.489 e. The number of aromatic nitrogens is 2. The van der Waals surface area contributed by atoms with Crippen LogP contribution >= 0.6 is 11.6 Å². The van der Waals surface area contributed by atoms with E-state index in [-0.39, 0.29) is 110 Å². The summed E-state index contributed by atoms with van der Waals surface area (Å²) in [5, 5.41) is 50.6. The number of Topliss-reactive ketones (excluding diaryl/α,β-unsaturated/α-hetero) is 2. The molecule has 14 atom stereocenters. The molecule has 6 aliphatic heterocycles. The molecule has 2 aromatic carbocycles.